The summed E-state index contributed by atoms with van der Waals surface area (Å²) in [6.45, 7) is 0.907. The first-order valence-electron chi connectivity index (χ1n) is 11.3. The van der Waals surface area contributed by atoms with Crippen LogP contribution in [0.15, 0.2) is 71.5 Å². The molecule has 172 valence electrons. The van der Waals surface area contributed by atoms with Crippen LogP contribution in [0.5, 0.6) is 11.5 Å². The second-order valence-electron chi connectivity index (χ2n) is 9.29. The molecule has 5 atom stereocenters. The maximum atomic E-state index is 10.8. The fourth-order valence-corrected chi connectivity index (χ4v) is 6.50. The minimum absolute atomic E-state index is 0.00335. The van der Waals surface area contributed by atoms with Crippen molar-refractivity contribution in [3.8, 4) is 11.5 Å². The van der Waals surface area contributed by atoms with E-state index in [4.69, 9.17) is 9.47 Å². The van der Waals surface area contributed by atoms with Crippen molar-refractivity contribution in [1.82, 2.24) is 9.88 Å². The Bertz CT molecular complexity index is 1120. The van der Waals surface area contributed by atoms with E-state index in [0.717, 1.165) is 33.6 Å². The van der Waals surface area contributed by atoms with Crippen LogP contribution >= 0.6 is 15.9 Å². The van der Waals surface area contributed by atoms with Crippen molar-refractivity contribution in [2.45, 2.75) is 17.4 Å². The molecule has 1 fully saturated rings. The Labute approximate surface area is 203 Å². The molecule has 2 aromatic carbocycles. The lowest BCUT2D eigenvalue weighted by molar-refractivity contribution is 0.0495. The standard InChI is InChI=1S/C27H29BrN2O3/c1-30(2)15-20-21(16-31)25(17-7-5-4-6-8-17)27(18-9-11-19(28)12-10-18)26(20)24-22(32-3)13-29-14-23(24)33-27/h4-14,20-21,25-26,31H,15-16H2,1-3H3. The second kappa shape index (κ2) is 8.75. The Balaban J connectivity index is 1.82. The molecule has 0 amide bonds. The summed E-state index contributed by atoms with van der Waals surface area (Å²) in [7, 11) is 5.86. The number of halogens is 1. The van der Waals surface area contributed by atoms with Gasteiger partial charge in [0.05, 0.1) is 19.5 Å². The van der Waals surface area contributed by atoms with Crippen LogP contribution < -0.4 is 9.47 Å². The minimum atomic E-state index is -0.686. The van der Waals surface area contributed by atoms with Gasteiger partial charge in [-0.05, 0) is 49.2 Å². The van der Waals surface area contributed by atoms with Gasteiger partial charge in [0, 0.05) is 35.0 Å². The molecule has 1 aliphatic heterocycles. The number of fused-ring (bicyclic) bond motifs is 3. The average Bonchev–Trinajstić information content (AvgIpc) is 3.30. The molecular formula is C27H29BrN2O3. The molecule has 0 radical (unpaired) electrons. The molecule has 6 heteroatoms. The molecule has 0 saturated heterocycles. The molecule has 1 aromatic heterocycles. The van der Waals surface area contributed by atoms with E-state index in [1.165, 1.54) is 5.56 Å². The van der Waals surface area contributed by atoms with Gasteiger partial charge in [0.1, 0.15) is 17.1 Å². The van der Waals surface area contributed by atoms with Crippen molar-refractivity contribution >= 4 is 15.9 Å². The number of rotatable bonds is 6. The van der Waals surface area contributed by atoms with E-state index in [1.54, 1.807) is 19.5 Å². The summed E-state index contributed by atoms with van der Waals surface area (Å²) >= 11 is 3.59. The third-order valence-corrected chi connectivity index (χ3v) is 7.82. The van der Waals surface area contributed by atoms with Gasteiger partial charge in [-0.25, -0.2) is 0 Å². The summed E-state index contributed by atoms with van der Waals surface area (Å²) in [5.41, 5.74) is 2.64. The van der Waals surface area contributed by atoms with Gasteiger partial charge in [0.15, 0.2) is 0 Å². The lowest BCUT2D eigenvalue weighted by Crippen LogP contribution is -2.39. The van der Waals surface area contributed by atoms with Gasteiger partial charge >= 0.3 is 0 Å². The van der Waals surface area contributed by atoms with Crippen molar-refractivity contribution in [3.05, 3.63) is 88.2 Å². The zero-order chi connectivity index (χ0) is 23.2. The smallest absolute Gasteiger partial charge is 0.149 e. The van der Waals surface area contributed by atoms with Crippen molar-refractivity contribution < 1.29 is 14.6 Å². The van der Waals surface area contributed by atoms with Crippen LogP contribution in [0.2, 0.25) is 0 Å². The SMILES string of the molecule is COc1cncc2c1C1C(CN(C)C)C(CO)C(c3ccccc3)C1(c1ccc(Br)cc1)O2. The molecule has 3 aromatic rings. The first-order chi connectivity index (χ1) is 16.0. The number of aliphatic hydroxyl groups is 1. The molecule has 33 heavy (non-hydrogen) atoms. The molecule has 5 unspecified atom stereocenters. The van der Waals surface area contributed by atoms with Crippen molar-refractivity contribution in [1.29, 1.82) is 0 Å². The Kier molecular flexibility index (Phi) is 5.93. The molecule has 5 nitrogen and oxygen atoms in total. The van der Waals surface area contributed by atoms with Gasteiger partial charge in [-0.15, -0.1) is 0 Å². The highest BCUT2D eigenvalue weighted by Crippen LogP contribution is 2.69. The summed E-state index contributed by atoms with van der Waals surface area (Å²) in [6, 6.07) is 18.9. The highest BCUT2D eigenvalue weighted by molar-refractivity contribution is 9.10. The van der Waals surface area contributed by atoms with E-state index in [-0.39, 0.29) is 30.3 Å². The summed E-state index contributed by atoms with van der Waals surface area (Å²) in [5.74, 6) is 1.62. The number of methoxy groups -OCH3 is 1. The van der Waals surface area contributed by atoms with E-state index >= 15 is 0 Å². The van der Waals surface area contributed by atoms with Crippen LogP contribution in [-0.4, -0.2) is 49.3 Å². The summed E-state index contributed by atoms with van der Waals surface area (Å²) in [6.07, 6.45) is 3.58. The summed E-state index contributed by atoms with van der Waals surface area (Å²) in [4.78, 5) is 6.61. The van der Waals surface area contributed by atoms with Gasteiger partial charge in [-0.3, -0.25) is 4.98 Å². The quantitative estimate of drug-likeness (QED) is 0.517. The fourth-order valence-electron chi connectivity index (χ4n) is 6.23. The topological polar surface area (TPSA) is 54.8 Å². The van der Waals surface area contributed by atoms with Gasteiger partial charge in [-0.2, -0.15) is 0 Å². The second-order valence-corrected chi connectivity index (χ2v) is 10.2. The normalized spacial score (nSPS) is 27.8. The Morgan fingerprint density at radius 2 is 1.76 bits per heavy atom. The van der Waals surface area contributed by atoms with Crippen LogP contribution in [0.1, 0.15) is 28.5 Å². The highest BCUT2D eigenvalue weighted by Gasteiger charge is 2.67. The number of aliphatic hydroxyl groups excluding tert-OH is 1. The summed E-state index contributed by atoms with van der Waals surface area (Å²) in [5, 5.41) is 10.8. The zero-order valence-corrected chi connectivity index (χ0v) is 20.7. The zero-order valence-electron chi connectivity index (χ0n) is 19.1. The third-order valence-electron chi connectivity index (χ3n) is 7.30. The Morgan fingerprint density at radius 3 is 2.39 bits per heavy atom. The average molecular weight is 509 g/mol. The van der Waals surface area contributed by atoms with Crippen LogP contribution in [-0.2, 0) is 5.60 Å². The number of pyridine rings is 1. The maximum absolute atomic E-state index is 10.8. The van der Waals surface area contributed by atoms with Gasteiger partial charge < -0.3 is 19.5 Å². The highest BCUT2D eigenvalue weighted by atomic mass is 79.9. The number of nitrogens with zero attached hydrogens (tertiary/aromatic N) is 2. The number of benzene rings is 2. The number of ether oxygens (including phenoxy) is 2. The predicted octanol–water partition coefficient (Wildman–Crippen LogP) is 4.81. The fraction of sp³-hybridized carbons (Fsp3) is 0.370. The van der Waals surface area contributed by atoms with E-state index in [0.29, 0.717) is 0 Å². The minimum Gasteiger partial charge on any atom is -0.495 e. The first-order valence-corrected chi connectivity index (χ1v) is 12.1. The predicted molar refractivity (Wildman–Crippen MR) is 132 cm³/mol. The molecule has 0 bridgehead atoms. The van der Waals surface area contributed by atoms with Crippen LogP contribution in [0.4, 0.5) is 0 Å². The van der Waals surface area contributed by atoms with Crippen LogP contribution in [0.25, 0.3) is 0 Å². The van der Waals surface area contributed by atoms with Crippen molar-refractivity contribution in [2.24, 2.45) is 11.8 Å². The van der Waals surface area contributed by atoms with Crippen LogP contribution in [0, 0.1) is 11.8 Å². The van der Waals surface area contributed by atoms with Crippen molar-refractivity contribution in [3.63, 3.8) is 0 Å². The maximum Gasteiger partial charge on any atom is 0.149 e. The van der Waals surface area contributed by atoms with Gasteiger partial charge in [0.2, 0.25) is 0 Å². The van der Waals surface area contributed by atoms with E-state index in [1.807, 2.05) is 6.07 Å². The monoisotopic (exact) mass is 508 g/mol. The van der Waals surface area contributed by atoms with Crippen LogP contribution in [0.3, 0.4) is 0 Å². The molecular weight excluding hydrogens is 480 g/mol. The molecule has 5 rings (SSSR count). The number of aromatic nitrogens is 1. The molecule has 2 heterocycles. The molecule has 2 aliphatic rings. The number of hydrogen-bond donors (Lipinski definition) is 1. The Hall–Kier alpha value is -2.41. The molecule has 0 spiro atoms. The summed E-state index contributed by atoms with van der Waals surface area (Å²) < 4.78 is 13.8. The lowest BCUT2D eigenvalue weighted by Gasteiger charge is -2.37. The van der Waals surface area contributed by atoms with Crippen molar-refractivity contribution in [2.75, 3.05) is 34.4 Å². The molecule has 1 saturated carbocycles. The van der Waals surface area contributed by atoms with E-state index in [2.05, 4.69) is 88.4 Å². The van der Waals surface area contributed by atoms with Gasteiger partial charge in [-0.1, -0.05) is 58.4 Å². The molecule has 1 aliphatic carbocycles. The number of hydrogen-bond acceptors (Lipinski definition) is 5. The molecule has 1 N–H and O–H groups in total. The largest absolute Gasteiger partial charge is 0.495 e. The lowest BCUT2D eigenvalue weighted by atomic mass is 9.73. The van der Waals surface area contributed by atoms with E-state index in [9.17, 15) is 5.11 Å². The Morgan fingerprint density at radius 1 is 1.03 bits per heavy atom. The first kappa shape index (κ1) is 22.4. The third kappa shape index (κ3) is 3.47. The van der Waals surface area contributed by atoms with E-state index < -0.39 is 5.60 Å². The van der Waals surface area contributed by atoms with Gasteiger partial charge in [0.25, 0.3) is 0 Å².